The van der Waals surface area contributed by atoms with Gasteiger partial charge in [-0.25, -0.2) is 0 Å². The third-order valence-corrected chi connectivity index (χ3v) is 3.24. The number of rotatable bonds is 2. The Balaban J connectivity index is 2.32. The van der Waals surface area contributed by atoms with Gasteiger partial charge in [0.05, 0.1) is 5.92 Å². The molecule has 0 radical (unpaired) electrons. The number of aryl methyl sites for hydroxylation is 1. The van der Waals surface area contributed by atoms with Crippen molar-refractivity contribution < 1.29 is 15.0 Å². The number of benzene rings is 1. The molecule has 2 N–H and O–H groups in total. The lowest BCUT2D eigenvalue weighted by molar-refractivity contribution is -0.141. The topological polar surface area (TPSA) is 57.5 Å². The molecule has 0 amide bonds. The monoisotopic (exact) mass is 206 g/mol. The molecule has 80 valence electrons. The molecule has 0 saturated carbocycles. The average molecular weight is 206 g/mol. The second-order valence-electron chi connectivity index (χ2n) is 4.16. The van der Waals surface area contributed by atoms with Crippen LogP contribution in [0.1, 0.15) is 30.4 Å². The van der Waals surface area contributed by atoms with E-state index in [1.54, 1.807) is 19.1 Å². The summed E-state index contributed by atoms with van der Waals surface area (Å²) < 4.78 is 0. The van der Waals surface area contributed by atoms with Crippen LogP contribution in [0.2, 0.25) is 0 Å². The summed E-state index contributed by atoms with van der Waals surface area (Å²) in [7, 11) is 0. The molecule has 3 nitrogen and oxygen atoms in total. The lowest BCUT2D eigenvalue weighted by atomic mass is 9.89. The maximum absolute atomic E-state index is 10.9. The van der Waals surface area contributed by atoms with Gasteiger partial charge < -0.3 is 10.2 Å². The molecular formula is C12H14O3. The molecule has 0 fully saturated rings. The van der Waals surface area contributed by atoms with Gasteiger partial charge in [0.2, 0.25) is 0 Å². The highest BCUT2D eigenvalue weighted by atomic mass is 16.4. The summed E-state index contributed by atoms with van der Waals surface area (Å²) >= 11 is 0. The molecule has 0 aliphatic heterocycles. The van der Waals surface area contributed by atoms with Gasteiger partial charge in [0, 0.05) is 0 Å². The molecule has 0 heterocycles. The van der Waals surface area contributed by atoms with Crippen molar-refractivity contribution in [3.8, 4) is 5.75 Å². The maximum atomic E-state index is 10.9. The molecular weight excluding hydrogens is 192 g/mol. The largest absolute Gasteiger partial charge is 0.508 e. The molecule has 3 heteroatoms. The summed E-state index contributed by atoms with van der Waals surface area (Å²) in [6, 6.07) is 5.22. The van der Waals surface area contributed by atoms with Crippen LogP contribution in [0.4, 0.5) is 0 Å². The Bertz CT molecular complexity index is 398. The highest BCUT2D eigenvalue weighted by molar-refractivity contribution is 5.71. The molecule has 1 aromatic carbocycles. The standard InChI is InChI=1S/C12H14O3/c1-7(12(14)15)10-4-2-8-6-9(13)3-5-11(8)10/h3,5-7,10,13H,2,4H2,1H3,(H,14,15)/t7-,10?/m0/s1. The number of hydrogen-bond acceptors (Lipinski definition) is 2. The van der Waals surface area contributed by atoms with Crippen LogP contribution < -0.4 is 0 Å². The van der Waals surface area contributed by atoms with Gasteiger partial charge in [-0.1, -0.05) is 13.0 Å². The summed E-state index contributed by atoms with van der Waals surface area (Å²) in [5.74, 6) is -0.743. The van der Waals surface area contributed by atoms with Crippen molar-refractivity contribution in [1.82, 2.24) is 0 Å². The number of carboxylic acids is 1. The minimum Gasteiger partial charge on any atom is -0.508 e. The van der Waals surface area contributed by atoms with E-state index in [1.165, 1.54) is 0 Å². The Kier molecular flexibility index (Phi) is 2.39. The van der Waals surface area contributed by atoms with E-state index in [1.807, 2.05) is 6.07 Å². The average Bonchev–Trinajstić information content (AvgIpc) is 2.59. The molecule has 2 rings (SSSR count). The van der Waals surface area contributed by atoms with Gasteiger partial charge in [0.15, 0.2) is 0 Å². The van der Waals surface area contributed by atoms with Crippen LogP contribution in [0, 0.1) is 5.92 Å². The van der Waals surface area contributed by atoms with Crippen molar-refractivity contribution in [2.24, 2.45) is 5.92 Å². The van der Waals surface area contributed by atoms with Crippen molar-refractivity contribution >= 4 is 5.97 Å². The minimum atomic E-state index is -0.749. The van der Waals surface area contributed by atoms with E-state index in [-0.39, 0.29) is 17.6 Å². The Morgan fingerprint density at radius 3 is 2.93 bits per heavy atom. The predicted molar refractivity (Wildman–Crippen MR) is 56.0 cm³/mol. The van der Waals surface area contributed by atoms with Crippen molar-refractivity contribution in [2.45, 2.75) is 25.7 Å². The fraction of sp³-hybridized carbons (Fsp3) is 0.417. The Morgan fingerprint density at radius 1 is 1.53 bits per heavy atom. The fourth-order valence-electron chi connectivity index (χ4n) is 2.33. The molecule has 0 bridgehead atoms. The summed E-state index contributed by atoms with van der Waals surface area (Å²) in [6.45, 7) is 1.74. The number of fused-ring (bicyclic) bond motifs is 1. The summed E-state index contributed by atoms with van der Waals surface area (Å²) in [5, 5.41) is 18.3. The van der Waals surface area contributed by atoms with E-state index in [2.05, 4.69) is 0 Å². The van der Waals surface area contributed by atoms with Crippen LogP contribution in [0.15, 0.2) is 18.2 Å². The van der Waals surface area contributed by atoms with Gasteiger partial charge in [-0.3, -0.25) is 4.79 Å². The van der Waals surface area contributed by atoms with E-state index in [9.17, 15) is 9.90 Å². The van der Waals surface area contributed by atoms with Crippen LogP contribution in [0.3, 0.4) is 0 Å². The highest BCUT2D eigenvalue weighted by Gasteiger charge is 2.31. The number of aromatic hydroxyl groups is 1. The van der Waals surface area contributed by atoms with Crippen LogP contribution in [0.25, 0.3) is 0 Å². The van der Waals surface area contributed by atoms with Gasteiger partial charge in [-0.05, 0) is 42.0 Å². The molecule has 1 unspecified atom stereocenters. The van der Waals surface area contributed by atoms with Gasteiger partial charge in [0.25, 0.3) is 0 Å². The normalized spacial score (nSPS) is 21.0. The number of phenolic OH excluding ortho intramolecular Hbond substituents is 1. The van der Waals surface area contributed by atoms with E-state index in [0.29, 0.717) is 0 Å². The van der Waals surface area contributed by atoms with E-state index < -0.39 is 5.97 Å². The summed E-state index contributed by atoms with van der Waals surface area (Å²) in [6.07, 6.45) is 1.73. The smallest absolute Gasteiger partial charge is 0.306 e. The van der Waals surface area contributed by atoms with E-state index in [0.717, 1.165) is 24.0 Å². The fourth-order valence-corrected chi connectivity index (χ4v) is 2.33. The first-order chi connectivity index (χ1) is 7.09. The number of hydrogen-bond donors (Lipinski definition) is 2. The summed E-state index contributed by atoms with van der Waals surface area (Å²) in [5.41, 5.74) is 2.18. The SMILES string of the molecule is C[C@H](C(=O)O)C1CCc2cc(O)ccc21. The Morgan fingerprint density at radius 2 is 2.27 bits per heavy atom. The highest BCUT2D eigenvalue weighted by Crippen LogP contribution is 2.39. The number of aliphatic carboxylic acids is 1. The van der Waals surface area contributed by atoms with E-state index >= 15 is 0 Å². The molecule has 2 atom stereocenters. The van der Waals surface area contributed by atoms with E-state index in [4.69, 9.17) is 5.11 Å². The summed E-state index contributed by atoms with van der Waals surface area (Å²) in [4.78, 5) is 10.9. The van der Waals surface area contributed by atoms with Crippen LogP contribution in [-0.4, -0.2) is 16.2 Å². The first-order valence-electron chi connectivity index (χ1n) is 5.14. The third-order valence-electron chi connectivity index (χ3n) is 3.24. The Labute approximate surface area is 88.4 Å². The Hall–Kier alpha value is -1.51. The molecule has 1 aliphatic carbocycles. The van der Waals surface area contributed by atoms with Crippen molar-refractivity contribution in [1.29, 1.82) is 0 Å². The minimum absolute atomic E-state index is 0.0955. The molecule has 0 spiro atoms. The van der Waals surface area contributed by atoms with Gasteiger partial charge in [0.1, 0.15) is 5.75 Å². The maximum Gasteiger partial charge on any atom is 0.306 e. The molecule has 0 saturated heterocycles. The lowest BCUT2D eigenvalue weighted by Gasteiger charge is -2.15. The van der Waals surface area contributed by atoms with Crippen LogP contribution >= 0.6 is 0 Å². The first-order valence-corrected chi connectivity index (χ1v) is 5.14. The quantitative estimate of drug-likeness (QED) is 0.779. The zero-order chi connectivity index (χ0) is 11.0. The molecule has 0 aromatic heterocycles. The number of carbonyl (C=O) groups is 1. The first kappa shape index (κ1) is 10.0. The van der Waals surface area contributed by atoms with Gasteiger partial charge in [-0.15, -0.1) is 0 Å². The third kappa shape index (κ3) is 1.69. The van der Waals surface area contributed by atoms with Crippen molar-refractivity contribution in [2.75, 3.05) is 0 Å². The van der Waals surface area contributed by atoms with Gasteiger partial charge >= 0.3 is 5.97 Å². The zero-order valence-electron chi connectivity index (χ0n) is 8.60. The number of phenols is 1. The van der Waals surface area contributed by atoms with Crippen LogP contribution in [0.5, 0.6) is 5.75 Å². The lowest BCUT2D eigenvalue weighted by Crippen LogP contribution is -2.17. The van der Waals surface area contributed by atoms with Crippen molar-refractivity contribution in [3.05, 3.63) is 29.3 Å². The van der Waals surface area contributed by atoms with Crippen LogP contribution in [-0.2, 0) is 11.2 Å². The second-order valence-corrected chi connectivity index (χ2v) is 4.16. The molecule has 15 heavy (non-hydrogen) atoms. The van der Waals surface area contributed by atoms with Gasteiger partial charge in [-0.2, -0.15) is 0 Å². The zero-order valence-corrected chi connectivity index (χ0v) is 8.60. The molecule has 1 aliphatic rings. The molecule has 1 aromatic rings. The predicted octanol–water partition coefficient (Wildman–Crippen LogP) is 2.14. The van der Waals surface area contributed by atoms with Crippen molar-refractivity contribution in [3.63, 3.8) is 0 Å². The second kappa shape index (κ2) is 3.57. The number of carboxylic acid groups (broad SMARTS) is 1.